The molecule has 0 amide bonds. The van der Waals surface area contributed by atoms with E-state index in [2.05, 4.69) is 0 Å². The van der Waals surface area contributed by atoms with E-state index in [0.29, 0.717) is 12.8 Å². The second-order valence-electron chi connectivity index (χ2n) is 5.23. The Kier molecular flexibility index (Phi) is 6.27. The van der Waals surface area contributed by atoms with Gasteiger partial charge < -0.3 is 4.90 Å². The van der Waals surface area contributed by atoms with E-state index < -0.39 is 44.7 Å². The van der Waals surface area contributed by atoms with Gasteiger partial charge in [-0.05, 0) is 13.3 Å². The van der Waals surface area contributed by atoms with Gasteiger partial charge >= 0.3 is 6.18 Å². The number of alkyl halides is 3. The Bertz CT molecular complexity index is 680. The molecule has 0 saturated heterocycles. The maximum atomic E-state index is 12.9. The van der Waals surface area contributed by atoms with Crippen molar-refractivity contribution in [3.8, 4) is 6.07 Å². The number of nitro groups is 2. The normalized spacial score (nSPS) is 12.3. The molecule has 0 spiro atoms. The molecular formula is C14H15F3N4O4. The Hall–Kier alpha value is -2.90. The first-order valence-corrected chi connectivity index (χ1v) is 7.24. The number of hydrogen-bond acceptors (Lipinski definition) is 6. The molecule has 0 radical (unpaired) electrons. The minimum atomic E-state index is -4.98. The number of halogens is 3. The lowest BCUT2D eigenvalue weighted by atomic mass is 10.1. The van der Waals surface area contributed by atoms with Crippen LogP contribution in [0.25, 0.3) is 0 Å². The average Bonchev–Trinajstić information content (AvgIpc) is 2.53. The first kappa shape index (κ1) is 20.1. The summed E-state index contributed by atoms with van der Waals surface area (Å²) in [4.78, 5) is 21.4. The highest BCUT2D eigenvalue weighted by Gasteiger charge is 2.39. The highest BCUT2D eigenvalue weighted by atomic mass is 19.4. The lowest BCUT2D eigenvalue weighted by Crippen LogP contribution is -2.34. The summed E-state index contributed by atoms with van der Waals surface area (Å²) in [6.45, 7) is 3.21. The van der Waals surface area contributed by atoms with Crippen LogP contribution in [0.2, 0.25) is 0 Å². The molecule has 0 aliphatic heterocycles. The quantitative estimate of drug-likeness (QED) is 0.535. The second-order valence-corrected chi connectivity index (χ2v) is 5.23. The molecule has 1 rings (SSSR count). The van der Waals surface area contributed by atoms with Crippen LogP contribution in [0.5, 0.6) is 0 Å². The van der Waals surface area contributed by atoms with E-state index in [1.54, 1.807) is 6.92 Å². The van der Waals surface area contributed by atoms with Crippen molar-refractivity contribution in [2.75, 3.05) is 11.4 Å². The number of rotatable bonds is 7. The predicted molar refractivity (Wildman–Crippen MR) is 82.1 cm³/mol. The Morgan fingerprint density at radius 3 is 2.04 bits per heavy atom. The fourth-order valence-corrected chi connectivity index (χ4v) is 2.24. The van der Waals surface area contributed by atoms with Crippen molar-refractivity contribution in [3.05, 3.63) is 37.9 Å². The van der Waals surface area contributed by atoms with Gasteiger partial charge in [-0.3, -0.25) is 20.2 Å². The summed E-state index contributed by atoms with van der Waals surface area (Å²) < 4.78 is 38.8. The van der Waals surface area contributed by atoms with Crippen LogP contribution in [0.1, 0.15) is 32.3 Å². The van der Waals surface area contributed by atoms with E-state index in [1.165, 1.54) is 6.92 Å². The third-order valence-corrected chi connectivity index (χ3v) is 3.48. The van der Waals surface area contributed by atoms with Crippen LogP contribution in [0.4, 0.5) is 30.2 Å². The van der Waals surface area contributed by atoms with E-state index in [0.717, 1.165) is 4.90 Å². The zero-order chi connectivity index (χ0) is 19.4. The summed E-state index contributed by atoms with van der Waals surface area (Å²) in [7, 11) is 0. The van der Waals surface area contributed by atoms with Crippen molar-refractivity contribution in [1.29, 1.82) is 5.26 Å². The number of hydrogen-bond donors (Lipinski definition) is 0. The highest BCUT2D eigenvalue weighted by molar-refractivity contribution is 5.77. The second kappa shape index (κ2) is 7.78. The lowest BCUT2D eigenvalue weighted by Gasteiger charge is -2.26. The number of unbranched alkanes of at least 4 members (excludes halogenated alkanes) is 1. The number of nitrogens with zero attached hydrogens (tertiary/aromatic N) is 4. The van der Waals surface area contributed by atoms with Gasteiger partial charge in [0.15, 0.2) is 5.69 Å². The van der Waals surface area contributed by atoms with Crippen LogP contribution in [0, 0.1) is 31.6 Å². The molecule has 0 fully saturated rings. The van der Waals surface area contributed by atoms with Gasteiger partial charge in [0.05, 0.1) is 21.5 Å². The van der Waals surface area contributed by atoms with Gasteiger partial charge in [0.1, 0.15) is 6.04 Å². The molecule has 25 heavy (non-hydrogen) atoms. The van der Waals surface area contributed by atoms with Crippen molar-refractivity contribution >= 4 is 17.1 Å². The van der Waals surface area contributed by atoms with Crippen LogP contribution in [0.3, 0.4) is 0 Å². The molecule has 0 saturated carbocycles. The molecule has 0 heterocycles. The van der Waals surface area contributed by atoms with Crippen molar-refractivity contribution in [3.63, 3.8) is 0 Å². The molecule has 0 N–H and O–H groups in total. The summed E-state index contributed by atoms with van der Waals surface area (Å²) in [6.07, 6.45) is -3.92. The van der Waals surface area contributed by atoms with E-state index in [1.807, 2.05) is 6.07 Å². The van der Waals surface area contributed by atoms with Gasteiger partial charge in [-0.15, -0.1) is 0 Å². The van der Waals surface area contributed by atoms with Crippen LogP contribution in [-0.4, -0.2) is 22.4 Å². The molecule has 0 aromatic heterocycles. The standard InChI is InChI=1S/C14H15F3N4O4/c1-3-4-5-19(9(2)8-18)13-11(20(22)23)6-10(14(15,16)17)7-12(13)21(24)25/h6-7,9H,3-5H2,1-2H3. The van der Waals surface area contributed by atoms with E-state index in [9.17, 15) is 33.4 Å². The zero-order valence-corrected chi connectivity index (χ0v) is 13.4. The summed E-state index contributed by atoms with van der Waals surface area (Å²) >= 11 is 0. The van der Waals surface area contributed by atoms with E-state index in [-0.39, 0.29) is 18.7 Å². The molecule has 11 heteroatoms. The van der Waals surface area contributed by atoms with Crippen molar-refractivity contribution in [2.24, 2.45) is 0 Å². The van der Waals surface area contributed by atoms with Gasteiger partial charge in [0.2, 0.25) is 0 Å². The topological polar surface area (TPSA) is 113 Å². The minimum absolute atomic E-state index is 0.0538. The summed E-state index contributed by atoms with van der Waals surface area (Å²) in [5.41, 5.74) is -4.19. The summed E-state index contributed by atoms with van der Waals surface area (Å²) in [5.74, 6) is 0. The lowest BCUT2D eigenvalue weighted by molar-refractivity contribution is -0.393. The van der Waals surface area contributed by atoms with Gasteiger partial charge in [0.25, 0.3) is 11.4 Å². The molecule has 0 bridgehead atoms. The Morgan fingerprint density at radius 1 is 1.24 bits per heavy atom. The number of nitriles is 1. The fourth-order valence-electron chi connectivity index (χ4n) is 2.24. The molecule has 1 atom stereocenters. The Balaban J connectivity index is 3.78. The monoisotopic (exact) mass is 360 g/mol. The van der Waals surface area contributed by atoms with Crippen LogP contribution < -0.4 is 4.90 Å². The number of benzene rings is 1. The van der Waals surface area contributed by atoms with Gasteiger partial charge in [-0.1, -0.05) is 13.3 Å². The SMILES string of the molecule is CCCCN(c1c([N+](=O)[O-])cc(C(F)(F)F)cc1[N+](=O)[O-])C(C)C#N. The molecular weight excluding hydrogens is 345 g/mol. The summed E-state index contributed by atoms with van der Waals surface area (Å²) in [6, 6.07) is 1.32. The molecule has 1 aromatic carbocycles. The predicted octanol–water partition coefficient (Wildman–Crippen LogP) is 4.04. The van der Waals surface area contributed by atoms with Gasteiger partial charge in [0, 0.05) is 18.7 Å². The largest absolute Gasteiger partial charge is 0.416 e. The first-order chi connectivity index (χ1) is 11.5. The Morgan fingerprint density at radius 2 is 1.72 bits per heavy atom. The van der Waals surface area contributed by atoms with Crippen molar-refractivity contribution in [1.82, 2.24) is 0 Å². The fraction of sp³-hybridized carbons (Fsp3) is 0.500. The van der Waals surface area contributed by atoms with Crippen LogP contribution >= 0.6 is 0 Å². The third kappa shape index (κ3) is 4.56. The molecule has 1 aromatic rings. The van der Waals surface area contributed by atoms with Crippen molar-refractivity contribution < 1.29 is 23.0 Å². The third-order valence-electron chi connectivity index (χ3n) is 3.48. The Labute approximate surface area is 140 Å². The highest BCUT2D eigenvalue weighted by Crippen LogP contribution is 2.43. The van der Waals surface area contributed by atoms with Crippen molar-refractivity contribution in [2.45, 2.75) is 38.9 Å². The van der Waals surface area contributed by atoms with E-state index >= 15 is 0 Å². The minimum Gasteiger partial charge on any atom is -0.345 e. The van der Waals surface area contributed by atoms with Gasteiger partial charge in [-0.25, -0.2) is 0 Å². The summed E-state index contributed by atoms with van der Waals surface area (Å²) in [5, 5.41) is 31.6. The number of anilines is 1. The molecule has 1 unspecified atom stereocenters. The van der Waals surface area contributed by atoms with Crippen LogP contribution in [-0.2, 0) is 6.18 Å². The molecule has 0 aliphatic carbocycles. The average molecular weight is 360 g/mol. The molecule has 136 valence electrons. The first-order valence-electron chi connectivity index (χ1n) is 7.24. The molecule has 0 aliphatic rings. The zero-order valence-electron chi connectivity index (χ0n) is 13.4. The van der Waals surface area contributed by atoms with Gasteiger partial charge in [-0.2, -0.15) is 18.4 Å². The molecule has 8 nitrogen and oxygen atoms in total. The maximum Gasteiger partial charge on any atom is 0.416 e. The smallest absolute Gasteiger partial charge is 0.345 e. The van der Waals surface area contributed by atoms with Crippen LogP contribution in [0.15, 0.2) is 12.1 Å². The number of nitro benzene ring substituents is 2. The maximum absolute atomic E-state index is 12.9. The van der Waals surface area contributed by atoms with E-state index in [4.69, 9.17) is 5.26 Å².